The first-order chi connectivity index (χ1) is 18.5. The van der Waals surface area contributed by atoms with Crippen LogP contribution in [0.25, 0.3) is 0 Å². The second kappa shape index (κ2) is 16.8. The van der Waals surface area contributed by atoms with Crippen molar-refractivity contribution in [2.24, 2.45) is 0 Å². The highest BCUT2D eigenvalue weighted by molar-refractivity contribution is 7.43. The molecule has 0 aromatic heterocycles. The molecular weight excluding hydrogens is 533 g/mol. The smallest absolute Gasteiger partial charge is 0.359 e. The maximum Gasteiger partial charge on any atom is 0.359 e. The molecule has 1 aromatic carbocycles. The van der Waals surface area contributed by atoms with Crippen molar-refractivity contribution < 1.29 is 39.2 Å². The van der Waals surface area contributed by atoms with Crippen LogP contribution in [0.15, 0.2) is 24.3 Å². The fraction of sp³-hybridized carbons (Fsp3) is 0.625. The van der Waals surface area contributed by atoms with E-state index in [1.165, 1.54) is 12.1 Å². The van der Waals surface area contributed by atoms with Crippen LogP contribution in [-0.4, -0.2) is 124 Å². The fourth-order valence-corrected chi connectivity index (χ4v) is 5.88. The summed E-state index contributed by atoms with van der Waals surface area (Å²) >= 11 is 0. The molecule has 216 valence electrons. The molecule has 1 fully saturated rings. The zero-order chi connectivity index (χ0) is 28.8. The van der Waals surface area contributed by atoms with Crippen LogP contribution in [0.4, 0.5) is 5.69 Å². The summed E-state index contributed by atoms with van der Waals surface area (Å²) in [5.74, 6) is -2.98. The summed E-state index contributed by atoms with van der Waals surface area (Å²) in [6.07, 6.45) is 1.37. The lowest BCUT2D eigenvalue weighted by Gasteiger charge is -2.29. The number of rotatable bonds is 11. The van der Waals surface area contributed by atoms with E-state index in [4.69, 9.17) is 0 Å². The van der Waals surface area contributed by atoms with E-state index in [9.17, 15) is 44.4 Å². The lowest BCUT2D eigenvalue weighted by atomic mass is 10.1. The number of carbonyl (C=O) groups is 3. The SMILES string of the molecule is O=C(O)CC1CCN(CC(=O)O)CCN(CC(=O)O)CCCN(C[P+](=O)Cc2ccc([N+](=O)[O-])cc2)CCN1. The summed E-state index contributed by atoms with van der Waals surface area (Å²) in [5, 5.41) is 42.0. The number of nitrogens with zero attached hydrogens (tertiary/aromatic N) is 4. The molecule has 2 unspecified atom stereocenters. The quantitative estimate of drug-likeness (QED) is 0.168. The van der Waals surface area contributed by atoms with Gasteiger partial charge in [0.1, 0.15) is 0 Å². The van der Waals surface area contributed by atoms with E-state index >= 15 is 0 Å². The normalized spacial score (nSPS) is 19.6. The molecule has 0 amide bonds. The van der Waals surface area contributed by atoms with E-state index < -0.39 is 36.7 Å². The molecule has 0 spiro atoms. The van der Waals surface area contributed by atoms with Gasteiger partial charge in [-0.2, -0.15) is 0 Å². The van der Waals surface area contributed by atoms with E-state index in [1.54, 1.807) is 21.9 Å². The number of benzene rings is 1. The number of aliphatic carboxylic acids is 3. The summed E-state index contributed by atoms with van der Waals surface area (Å²) in [6.45, 7) is 2.47. The van der Waals surface area contributed by atoms with Gasteiger partial charge in [0.15, 0.2) is 12.4 Å². The lowest BCUT2D eigenvalue weighted by molar-refractivity contribution is -0.384. The first-order valence-electron chi connectivity index (χ1n) is 12.7. The standard InChI is InChI=1S/C24H36N5O9P/c30-22(31)14-20-6-10-27(16-24(34)35)13-12-26(15-23(32)33)8-1-9-28(11-7-25-20)18-39(38)17-19-2-4-21(5-3-19)29(36)37/h2-5,20,25H,1,6-18H2,(H2-,30,31,32,33,34,35)/p+1. The fourth-order valence-electron chi connectivity index (χ4n) is 4.43. The van der Waals surface area contributed by atoms with E-state index in [2.05, 4.69) is 5.32 Å². The molecule has 0 saturated carbocycles. The molecule has 0 radical (unpaired) electrons. The van der Waals surface area contributed by atoms with E-state index in [-0.39, 0.29) is 37.6 Å². The molecular formula is C24H37N5O9P+. The van der Waals surface area contributed by atoms with Crippen molar-refractivity contribution in [2.45, 2.75) is 31.5 Å². The maximum absolute atomic E-state index is 13.0. The summed E-state index contributed by atoms with van der Waals surface area (Å²) in [4.78, 5) is 49.9. The Hall–Kier alpha value is -3.03. The average molecular weight is 571 g/mol. The van der Waals surface area contributed by atoms with Gasteiger partial charge >= 0.3 is 25.7 Å². The Morgan fingerprint density at radius 3 is 2.05 bits per heavy atom. The Kier molecular flexibility index (Phi) is 13.9. The Morgan fingerprint density at radius 1 is 0.897 bits per heavy atom. The van der Waals surface area contributed by atoms with E-state index in [1.807, 2.05) is 4.90 Å². The average Bonchev–Trinajstić information content (AvgIpc) is 2.83. The van der Waals surface area contributed by atoms with Crippen LogP contribution in [0, 0.1) is 10.1 Å². The summed E-state index contributed by atoms with van der Waals surface area (Å²) in [7, 11) is -1.71. The Balaban J connectivity index is 2.09. The molecule has 1 heterocycles. The van der Waals surface area contributed by atoms with Gasteiger partial charge in [-0.25, -0.2) is 0 Å². The third-order valence-electron chi connectivity index (χ3n) is 6.34. The molecule has 14 nitrogen and oxygen atoms in total. The first-order valence-corrected chi connectivity index (χ1v) is 14.4. The van der Waals surface area contributed by atoms with Crippen molar-refractivity contribution in [3.05, 3.63) is 39.9 Å². The van der Waals surface area contributed by atoms with E-state index in [0.29, 0.717) is 58.7 Å². The van der Waals surface area contributed by atoms with Crippen molar-refractivity contribution >= 4 is 31.4 Å². The first kappa shape index (κ1) is 32.2. The minimum Gasteiger partial charge on any atom is -0.481 e. The van der Waals surface area contributed by atoms with Crippen LogP contribution in [-0.2, 0) is 25.1 Å². The van der Waals surface area contributed by atoms with Crippen LogP contribution >= 0.6 is 7.80 Å². The molecule has 1 aliphatic rings. The molecule has 0 aliphatic carbocycles. The van der Waals surface area contributed by atoms with Gasteiger partial charge in [-0.05, 0) is 25.0 Å². The highest BCUT2D eigenvalue weighted by Crippen LogP contribution is 2.28. The van der Waals surface area contributed by atoms with Gasteiger partial charge in [0.2, 0.25) is 0 Å². The summed E-state index contributed by atoms with van der Waals surface area (Å²) in [6, 6.07) is 5.53. The zero-order valence-corrected chi connectivity index (χ0v) is 22.7. The number of hydrogen-bond donors (Lipinski definition) is 4. The Bertz CT molecular complexity index is 961. The van der Waals surface area contributed by atoms with Crippen LogP contribution in [0.3, 0.4) is 0 Å². The predicted molar refractivity (Wildman–Crippen MR) is 142 cm³/mol. The molecule has 1 aromatic rings. The molecule has 2 rings (SSSR count). The highest BCUT2D eigenvalue weighted by atomic mass is 31.1. The zero-order valence-electron chi connectivity index (χ0n) is 21.8. The van der Waals surface area contributed by atoms with Crippen LogP contribution < -0.4 is 5.32 Å². The third kappa shape index (κ3) is 13.5. The molecule has 1 saturated heterocycles. The van der Waals surface area contributed by atoms with Gasteiger partial charge in [0.25, 0.3) is 5.69 Å². The Labute approximate surface area is 227 Å². The van der Waals surface area contributed by atoms with Crippen LogP contribution in [0.2, 0.25) is 0 Å². The summed E-state index contributed by atoms with van der Waals surface area (Å²) < 4.78 is 13.0. The number of carboxylic acids is 3. The van der Waals surface area contributed by atoms with Gasteiger partial charge in [-0.3, -0.25) is 39.2 Å². The van der Waals surface area contributed by atoms with Crippen molar-refractivity contribution in [3.8, 4) is 0 Å². The molecule has 0 bridgehead atoms. The number of nitrogens with one attached hydrogen (secondary N) is 1. The number of hydrogen-bond acceptors (Lipinski definition) is 10. The molecule has 39 heavy (non-hydrogen) atoms. The van der Waals surface area contributed by atoms with Gasteiger partial charge in [-0.1, -0.05) is 4.57 Å². The van der Waals surface area contributed by atoms with Crippen LogP contribution in [0.1, 0.15) is 24.8 Å². The minimum absolute atomic E-state index is 0.0391. The topological polar surface area (TPSA) is 194 Å². The van der Waals surface area contributed by atoms with Gasteiger partial charge in [0.05, 0.1) is 24.4 Å². The number of nitro groups is 1. The highest BCUT2D eigenvalue weighted by Gasteiger charge is 2.24. The van der Waals surface area contributed by atoms with Gasteiger partial charge < -0.3 is 20.6 Å². The van der Waals surface area contributed by atoms with Crippen molar-refractivity contribution in [1.29, 1.82) is 0 Å². The maximum atomic E-state index is 13.0. The van der Waals surface area contributed by atoms with Crippen molar-refractivity contribution in [2.75, 3.05) is 65.2 Å². The lowest BCUT2D eigenvalue weighted by Crippen LogP contribution is -2.45. The molecule has 2 atom stereocenters. The number of carboxylic acid groups (broad SMARTS) is 3. The monoisotopic (exact) mass is 570 g/mol. The second-order valence-corrected chi connectivity index (χ2v) is 11.1. The van der Waals surface area contributed by atoms with Gasteiger partial charge in [-0.15, -0.1) is 0 Å². The minimum atomic E-state index is -1.71. The van der Waals surface area contributed by atoms with Crippen molar-refractivity contribution in [1.82, 2.24) is 20.0 Å². The number of nitro benzene ring substituents is 1. The summed E-state index contributed by atoms with van der Waals surface area (Å²) in [5.41, 5.74) is 0.685. The van der Waals surface area contributed by atoms with E-state index in [0.717, 1.165) is 5.56 Å². The largest absolute Gasteiger partial charge is 0.481 e. The Morgan fingerprint density at radius 2 is 1.49 bits per heavy atom. The molecule has 4 N–H and O–H groups in total. The number of non-ortho nitro benzene ring substituents is 1. The third-order valence-corrected chi connectivity index (χ3v) is 7.77. The molecule has 15 heteroatoms. The molecule has 1 aliphatic heterocycles. The van der Waals surface area contributed by atoms with Crippen LogP contribution in [0.5, 0.6) is 0 Å². The van der Waals surface area contributed by atoms with Gasteiger partial charge in [0, 0.05) is 69.6 Å². The predicted octanol–water partition coefficient (Wildman–Crippen LogP) is 1.18. The second-order valence-electron chi connectivity index (χ2n) is 9.55. The van der Waals surface area contributed by atoms with Crippen molar-refractivity contribution in [3.63, 3.8) is 0 Å².